The number of benzene rings is 1. The maximum absolute atomic E-state index is 11.7. The molecule has 0 saturated carbocycles. The molecule has 1 aromatic rings. The lowest BCUT2D eigenvalue weighted by Crippen LogP contribution is -2.39. The quantitative estimate of drug-likeness (QED) is 0.726. The van der Waals surface area contributed by atoms with E-state index in [0.29, 0.717) is 5.56 Å². The number of amides is 1. The van der Waals surface area contributed by atoms with Crippen molar-refractivity contribution in [1.82, 2.24) is 5.32 Å². The molecule has 0 radical (unpaired) electrons. The molecule has 1 aromatic carbocycles. The lowest BCUT2D eigenvalue weighted by Gasteiger charge is -2.15. The average Bonchev–Trinajstić information content (AvgIpc) is 2.25. The standard InChI is InChI=1S/C11H11NO3S/c13-11-10(16(14,15)7-6-12-11)8-9-4-2-1-3-5-9/h1-5,8H,6-7H2,(H,12,13)/b10-8-. The summed E-state index contributed by atoms with van der Waals surface area (Å²) in [5.74, 6) is -0.549. The van der Waals surface area contributed by atoms with Crippen molar-refractivity contribution < 1.29 is 13.2 Å². The molecule has 2 rings (SSSR count). The molecule has 16 heavy (non-hydrogen) atoms. The summed E-state index contributed by atoms with van der Waals surface area (Å²) in [6.45, 7) is 0.188. The Kier molecular flexibility index (Phi) is 2.78. The van der Waals surface area contributed by atoms with E-state index < -0.39 is 15.7 Å². The number of sulfone groups is 1. The first-order valence-electron chi connectivity index (χ1n) is 4.87. The van der Waals surface area contributed by atoms with E-state index in [4.69, 9.17) is 0 Å². The van der Waals surface area contributed by atoms with E-state index in [-0.39, 0.29) is 17.2 Å². The van der Waals surface area contributed by atoms with Crippen molar-refractivity contribution in [3.63, 3.8) is 0 Å². The molecule has 1 saturated heterocycles. The molecule has 0 aromatic heterocycles. The molecule has 0 unspecified atom stereocenters. The summed E-state index contributed by atoms with van der Waals surface area (Å²) in [7, 11) is -3.42. The van der Waals surface area contributed by atoms with Crippen molar-refractivity contribution in [2.24, 2.45) is 0 Å². The lowest BCUT2D eigenvalue weighted by molar-refractivity contribution is -0.116. The third-order valence-corrected chi connectivity index (χ3v) is 4.03. The Labute approximate surface area is 93.9 Å². The first-order chi connectivity index (χ1) is 7.59. The van der Waals surface area contributed by atoms with Crippen LogP contribution in [0.15, 0.2) is 35.2 Å². The minimum absolute atomic E-state index is 0.0304. The second-order valence-corrected chi connectivity index (χ2v) is 5.57. The van der Waals surface area contributed by atoms with Crippen molar-refractivity contribution in [1.29, 1.82) is 0 Å². The molecule has 1 N–H and O–H groups in total. The SMILES string of the molecule is O=C1NCCS(=O)(=O)/C1=C\c1ccccc1. The predicted octanol–water partition coefficient (Wildman–Crippen LogP) is 0.572. The highest BCUT2D eigenvalue weighted by Crippen LogP contribution is 2.16. The highest BCUT2D eigenvalue weighted by atomic mass is 32.2. The Bertz CT molecular complexity index is 532. The zero-order valence-electron chi connectivity index (χ0n) is 8.51. The Hall–Kier alpha value is -1.62. The number of carbonyl (C=O) groups is 1. The van der Waals surface area contributed by atoms with Gasteiger partial charge >= 0.3 is 0 Å². The van der Waals surface area contributed by atoms with E-state index in [1.54, 1.807) is 24.3 Å². The van der Waals surface area contributed by atoms with Crippen LogP contribution in [-0.2, 0) is 14.6 Å². The van der Waals surface area contributed by atoms with E-state index in [2.05, 4.69) is 5.32 Å². The van der Waals surface area contributed by atoms with Crippen molar-refractivity contribution in [2.75, 3.05) is 12.3 Å². The molecule has 1 heterocycles. The van der Waals surface area contributed by atoms with Gasteiger partial charge < -0.3 is 5.32 Å². The molecule has 0 atom stereocenters. The molecule has 84 valence electrons. The molecule has 0 aliphatic carbocycles. The van der Waals surface area contributed by atoms with E-state index in [0.717, 1.165) is 0 Å². The first kappa shape index (κ1) is 10.9. The second-order valence-electron chi connectivity index (χ2n) is 3.49. The summed E-state index contributed by atoms with van der Waals surface area (Å²) in [5.41, 5.74) is 0.707. The van der Waals surface area contributed by atoms with E-state index in [1.807, 2.05) is 6.07 Å². The monoisotopic (exact) mass is 237 g/mol. The van der Waals surface area contributed by atoms with E-state index in [1.165, 1.54) is 6.08 Å². The van der Waals surface area contributed by atoms with Gasteiger partial charge in [0.05, 0.1) is 5.75 Å². The fraction of sp³-hybridized carbons (Fsp3) is 0.182. The zero-order chi connectivity index (χ0) is 11.6. The summed E-state index contributed by atoms with van der Waals surface area (Å²) in [5, 5.41) is 2.52. The number of hydrogen-bond acceptors (Lipinski definition) is 3. The van der Waals surface area contributed by atoms with Gasteiger partial charge in [0, 0.05) is 6.54 Å². The number of nitrogens with one attached hydrogen (secondary N) is 1. The van der Waals surface area contributed by atoms with Crippen LogP contribution in [0.2, 0.25) is 0 Å². The van der Waals surface area contributed by atoms with Gasteiger partial charge in [-0.25, -0.2) is 8.42 Å². The second kappa shape index (κ2) is 4.09. The largest absolute Gasteiger partial charge is 0.350 e. The first-order valence-corrected chi connectivity index (χ1v) is 6.52. The Morgan fingerprint density at radius 3 is 2.50 bits per heavy atom. The van der Waals surface area contributed by atoms with Crippen LogP contribution in [0.3, 0.4) is 0 Å². The maximum Gasteiger partial charge on any atom is 0.262 e. The summed E-state index contributed by atoms with van der Waals surface area (Å²) in [6, 6.07) is 8.92. The van der Waals surface area contributed by atoms with Crippen LogP contribution in [0.4, 0.5) is 0 Å². The van der Waals surface area contributed by atoms with Crippen LogP contribution in [0.1, 0.15) is 5.56 Å². The molecule has 1 amide bonds. The Morgan fingerprint density at radius 1 is 1.19 bits per heavy atom. The zero-order valence-corrected chi connectivity index (χ0v) is 9.33. The molecule has 4 nitrogen and oxygen atoms in total. The van der Waals surface area contributed by atoms with E-state index in [9.17, 15) is 13.2 Å². The van der Waals surface area contributed by atoms with Gasteiger partial charge in [-0.3, -0.25) is 4.79 Å². The fourth-order valence-corrected chi connectivity index (χ4v) is 2.75. The molecule has 0 spiro atoms. The van der Waals surface area contributed by atoms with Crippen LogP contribution in [0.25, 0.3) is 6.08 Å². The molecular weight excluding hydrogens is 226 g/mol. The van der Waals surface area contributed by atoms with Gasteiger partial charge in [0.1, 0.15) is 4.91 Å². The third-order valence-electron chi connectivity index (χ3n) is 2.31. The smallest absolute Gasteiger partial charge is 0.262 e. The molecule has 1 fully saturated rings. The number of hydrogen-bond donors (Lipinski definition) is 1. The van der Waals surface area contributed by atoms with Gasteiger partial charge in [-0.05, 0) is 11.6 Å². The van der Waals surface area contributed by atoms with Gasteiger partial charge in [0.2, 0.25) is 0 Å². The highest BCUT2D eigenvalue weighted by molar-refractivity contribution is 7.96. The molecule has 1 aliphatic heterocycles. The number of carbonyl (C=O) groups excluding carboxylic acids is 1. The van der Waals surface area contributed by atoms with E-state index >= 15 is 0 Å². The number of rotatable bonds is 1. The summed E-state index contributed by atoms with van der Waals surface area (Å²) in [6.07, 6.45) is 1.41. The minimum atomic E-state index is -3.42. The van der Waals surface area contributed by atoms with Crippen LogP contribution >= 0.6 is 0 Å². The maximum atomic E-state index is 11.7. The van der Waals surface area contributed by atoms with Crippen LogP contribution in [0, 0.1) is 0 Å². The molecular formula is C11H11NO3S. The van der Waals surface area contributed by atoms with Gasteiger partial charge in [0.15, 0.2) is 9.84 Å². The predicted molar refractivity (Wildman–Crippen MR) is 61.2 cm³/mol. The van der Waals surface area contributed by atoms with Gasteiger partial charge in [-0.1, -0.05) is 30.3 Å². The van der Waals surface area contributed by atoms with Crippen LogP contribution < -0.4 is 5.32 Å². The summed E-state index contributed by atoms with van der Waals surface area (Å²) < 4.78 is 23.3. The van der Waals surface area contributed by atoms with Crippen molar-refractivity contribution in [3.05, 3.63) is 40.8 Å². The fourth-order valence-electron chi connectivity index (χ4n) is 1.49. The van der Waals surface area contributed by atoms with Crippen molar-refractivity contribution in [3.8, 4) is 0 Å². The lowest BCUT2D eigenvalue weighted by atomic mass is 10.2. The molecule has 1 aliphatic rings. The normalized spacial score (nSPS) is 21.8. The summed E-state index contributed by atoms with van der Waals surface area (Å²) >= 11 is 0. The van der Waals surface area contributed by atoms with Gasteiger partial charge in [0.25, 0.3) is 5.91 Å². The van der Waals surface area contributed by atoms with Crippen LogP contribution in [0.5, 0.6) is 0 Å². The van der Waals surface area contributed by atoms with Gasteiger partial charge in [-0.15, -0.1) is 0 Å². The Morgan fingerprint density at radius 2 is 1.88 bits per heavy atom. The van der Waals surface area contributed by atoms with Crippen molar-refractivity contribution >= 4 is 21.8 Å². The van der Waals surface area contributed by atoms with Gasteiger partial charge in [-0.2, -0.15) is 0 Å². The van der Waals surface area contributed by atoms with Crippen LogP contribution in [-0.4, -0.2) is 26.6 Å². The average molecular weight is 237 g/mol. The minimum Gasteiger partial charge on any atom is -0.350 e. The Balaban J connectivity index is 2.45. The molecule has 0 bridgehead atoms. The highest BCUT2D eigenvalue weighted by Gasteiger charge is 2.28. The summed E-state index contributed by atoms with van der Waals surface area (Å²) in [4.78, 5) is 11.3. The van der Waals surface area contributed by atoms with Crippen molar-refractivity contribution in [2.45, 2.75) is 0 Å². The third kappa shape index (κ3) is 2.14. The topological polar surface area (TPSA) is 63.2 Å². The molecule has 5 heteroatoms.